The molecule has 1 nitrogen and oxygen atoms in total. The zero-order chi connectivity index (χ0) is 10.6. The van der Waals surface area contributed by atoms with Crippen molar-refractivity contribution in [3.63, 3.8) is 0 Å². The maximum atomic E-state index is 12.6. The van der Waals surface area contributed by atoms with Crippen LogP contribution in [0.2, 0.25) is 0 Å². The lowest BCUT2D eigenvalue weighted by Crippen LogP contribution is -2.06. The van der Waals surface area contributed by atoms with E-state index in [-0.39, 0.29) is 18.1 Å². The van der Waals surface area contributed by atoms with Crippen molar-refractivity contribution in [3.8, 4) is 0 Å². The Morgan fingerprint density at radius 3 is 2.79 bits per heavy atom. The van der Waals surface area contributed by atoms with Crippen LogP contribution in [0, 0.1) is 0 Å². The first-order valence-electron chi connectivity index (χ1n) is 4.09. The molecule has 0 aromatic heterocycles. The van der Waals surface area contributed by atoms with Crippen molar-refractivity contribution in [1.29, 1.82) is 0 Å². The van der Waals surface area contributed by atoms with Gasteiger partial charge in [-0.1, -0.05) is 28.1 Å². The van der Waals surface area contributed by atoms with Crippen molar-refractivity contribution in [3.05, 3.63) is 33.8 Å². The highest BCUT2D eigenvalue weighted by atomic mass is 79.9. The fraction of sp³-hybridized carbons (Fsp3) is 0.300. The lowest BCUT2D eigenvalue weighted by atomic mass is 10.0. The van der Waals surface area contributed by atoms with Gasteiger partial charge in [-0.3, -0.25) is 4.79 Å². The van der Waals surface area contributed by atoms with Crippen molar-refractivity contribution in [2.45, 2.75) is 13.1 Å². The van der Waals surface area contributed by atoms with Crippen LogP contribution in [-0.2, 0) is 17.9 Å². The number of hydrogen-bond donors (Lipinski definition) is 0. The highest BCUT2D eigenvalue weighted by Gasteiger charge is 2.10. The Kier molecular flexibility index (Phi) is 4.55. The van der Waals surface area contributed by atoms with Gasteiger partial charge >= 0.3 is 0 Å². The summed E-state index contributed by atoms with van der Waals surface area (Å²) < 4.78 is 13.3. The van der Waals surface area contributed by atoms with Crippen LogP contribution < -0.4 is 0 Å². The van der Waals surface area contributed by atoms with E-state index in [1.165, 1.54) is 0 Å². The van der Waals surface area contributed by atoms with E-state index in [0.717, 1.165) is 4.47 Å². The number of benzene rings is 1. The second kappa shape index (κ2) is 5.47. The van der Waals surface area contributed by atoms with Crippen molar-refractivity contribution in [2.24, 2.45) is 0 Å². The Bertz CT molecular complexity index is 341. The van der Waals surface area contributed by atoms with Crippen LogP contribution in [0.5, 0.6) is 0 Å². The number of Topliss-reactive ketones (excluding diaryl/α,β-unsaturated/α-hetero) is 1. The van der Waals surface area contributed by atoms with Gasteiger partial charge in [-0.25, -0.2) is 4.39 Å². The molecule has 0 N–H and O–H groups in total. The van der Waals surface area contributed by atoms with E-state index in [0.29, 0.717) is 11.1 Å². The molecule has 76 valence electrons. The summed E-state index contributed by atoms with van der Waals surface area (Å²) in [6.07, 6.45) is 0.185. The summed E-state index contributed by atoms with van der Waals surface area (Å²) in [5.74, 6) is -0.138. The Morgan fingerprint density at radius 1 is 1.50 bits per heavy atom. The van der Waals surface area contributed by atoms with Gasteiger partial charge in [0.1, 0.15) is 6.67 Å². The fourth-order valence-electron chi connectivity index (χ4n) is 1.17. The topological polar surface area (TPSA) is 17.1 Å². The molecule has 0 spiro atoms. The standard InChI is InChI=1S/C10H9BrClFO/c11-10-3-1-2-7(6-13)9(10)4-8(14)5-12/h1-3H,4-6H2. The minimum atomic E-state index is -0.565. The summed E-state index contributed by atoms with van der Waals surface area (Å²) in [7, 11) is 0. The second-order valence-electron chi connectivity index (χ2n) is 2.86. The Hall–Kier alpha value is -0.410. The lowest BCUT2D eigenvalue weighted by Gasteiger charge is -2.07. The number of halogens is 3. The molecule has 0 aliphatic carbocycles. The molecule has 0 heterocycles. The molecule has 0 unspecified atom stereocenters. The van der Waals surface area contributed by atoms with Gasteiger partial charge in [-0.2, -0.15) is 0 Å². The maximum absolute atomic E-state index is 12.6. The summed E-state index contributed by atoms with van der Waals surface area (Å²) in [6, 6.07) is 5.20. The molecule has 0 amide bonds. The van der Waals surface area contributed by atoms with E-state index in [1.807, 2.05) is 0 Å². The molecule has 1 aromatic rings. The first-order chi connectivity index (χ1) is 6.69. The summed E-state index contributed by atoms with van der Waals surface area (Å²) in [4.78, 5) is 11.1. The average Bonchev–Trinajstić information content (AvgIpc) is 2.20. The number of hydrogen-bond acceptors (Lipinski definition) is 1. The van der Waals surface area contributed by atoms with E-state index in [1.54, 1.807) is 18.2 Å². The summed E-state index contributed by atoms with van der Waals surface area (Å²) >= 11 is 8.67. The highest BCUT2D eigenvalue weighted by Crippen LogP contribution is 2.22. The van der Waals surface area contributed by atoms with E-state index in [2.05, 4.69) is 15.9 Å². The number of alkyl halides is 2. The van der Waals surface area contributed by atoms with Crippen molar-refractivity contribution < 1.29 is 9.18 Å². The predicted octanol–water partition coefficient (Wildman–Crippen LogP) is 3.27. The fourth-order valence-corrected chi connectivity index (χ4v) is 1.81. The molecular formula is C10H9BrClFO. The molecular weight excluding hydrogens is 270 g/mol. The Morgan fingerprint density at radius 2 is 2.21 bits per heavy atom. The summed E-state index contributed by atoms with van der Waals surface area (Å²) in [5, 5.41) is 0. The lowest BCUT2D eigenvalue weighted by molar-refractivity contribution is -0.116. The van der Waals surface area contributed by atoms with Gasteiger partial charge in [0.2, 0.25) is 0 Å². The molecule has 0 atom stereocenters. The number of ketones is 1. The molecule has 0 fully saturated rings. The number of rotatable bonds is 4. The first kappa shape index (κ1) is 11.7. The third-order valence-corrected chi connectivity index (χ3v) is 2.92. The van der Waals surface area contributed by atoms with Gasteiger partial charge in [-0.15, -0.1) is 11.6 Å². The molecule has 0 bridgehead atoms. The normalized spacial score (nSPS) is 10.2. The van der Waals surface area contributed by atoms with Gasteiger partial charge < -0.3 is 0 Å². The number of carbonyl (C=O) groups is 1. The van der Waals surface area contributed by atoms with Crippen LogP contribution in [0.1, 0.15) is 11.1 Å². The third-order valence-electron chi connectivity index (χ3n) is 1.88. The molecule has 14 heavy (non-hydrogen) atoms. The van der Waals surface area contributed by atoms with E-state index >= 15 is 0 Å². The van der Waals surface area contributed by atoms with Gasteiger partial charge in [-0.05, 0) is 17.2 Å². The van der Waals surface area contributed by atoms with E-state index in [4.69, 9.17) is 11.6 Å². The van der Waals surface area contributed by atoms with E-state index < -0.39 is 6.67 Å². The van der Waals surface area contributed by atoms with Crippen LogP contribution >= 0.6 is 27.5 Å². The quantitative estimate of drug-likeness (QED) is 0.773. The second-order valence-corrected chi connectivity index (χ2v) is 3.98. The van der Waals surface area contributed by atoms with Crippen molar-refractivity contribution in [1.82, 2.24) is 0 Å². The SMILES string of the molecule is O=C(CCl)Cc1c(Br)cccc1CF. The van der Waals surface area contributed by atoms with Crippen LogP contribution in [0.3, 0.4) is 0 Å². The van der Waals surface area contributed by atoms with Gasteiger partial charge in [0.15, 0.2) is 5.78 Å². The van der Waals surface area contributed by atoms with Crippen LogP contribution in [-0.4, -0.2) is 11.7 Å². The summed E-state index contributed by atoms with van der Waals surface area (Å²) in [5.41, 5.74) is 1.23. The largest absolute Gasteiger partial charge is 0.298 e. The van der Waals surface area contributed by atoms with Gasteiger partial charge in [0.25, 0.3) is 0 Å². The molecule has 4 heteroatoms. The monoisotopic (exact) mass is 278 g/mol. The van der Waals surface area contributed by atoms with Crippen molar-refractivity contribution in [2.75, 3.05) is 5.88 Å². The molecule has 0 aliphatic rings. The summed E-state index contributed by atoms with van der Waals surface area (Å²) in [6.45, 7) is -0.565. The van der Waals surface area contributed by atoms with E-state index in [9.17, 15) is 9.18 Å². The predicted molar refractivity (Wildman–Crippen MR) is 58.4 cm³/mol. The van der Waals surface area contributed by atoms with Crippen LogP contribution in [0.25, 0.3) is 0 Å². The molecule has 1 aromatic carbocycles. The minimum Gasteiger partial charge on any atom is -0.298 e. The van der Waals surface area contributed by atoms with Crippen LogP contribution in [0.15, 0.2) is 22.7 Å². The minimum absolute atomic E-state index is 0.0347. The number of carbonyl (C=O) groups excluding carboxylic acids is 1. The molecule has 0 radical (unpaired) electrons. The smallest absolute Gasteiger partial charge is 0.152 e. The third kappa shape index (κ3) is 2.79. The first-order valence-corrected chi connectivity index (χ1v) is 5.41. The zero-order valence-electron chi connectivity index (χ0n) is 7.40. The van der Waals surface area contributed by atoms with Crippen molar-refractivity contribution >= 4 is 33.3 Å². The van der Waals surface area contributed by atoms with Gasteiger partial charge in [0, 0.05) is 10.9 Å². The Labute approximate surface area is 95.4 Å². The average molecular weight is 280 g/mol. The van der Waals surface area contributed by atoms with Gasteiger partial charge in [0.05, 0.1) is 5.88 Å². The zero-order valence-corrected chi connectivity index (χ0v) is 9.74. The maximum Gasteiger partial charge on any atom is 0.152 e. The Balaban J connectivity index is 2.98. The molecule has 1 rings (SSSR count). The molecule has 0 saturated carbocycles. The van der Waals surface area contributed by atoms with Crippen LogP contribution in [0.4, 0.5) is 4.39 Å². The molecule has 0 saturated heterocycles. The molecule has 0 aliphatic heterocycles. The highest BCUT2D eigenvalue weighted by molar-refractivity contribution is 9.10.